The van der Waals surface area contributed by atoms with Crippen LogP contribution in [0.1, 0.15) is 121 Å². The average Bonchev–Trinajstić information content (AvgIpc) is 0.814. The van der Waals surface area contributed by atoms with Crippen molar-refractivity contribution in [2.24, 2.45) is 0 Å². The summed E-state index contributed by atoms with van der Waals surface area (Å²) in [5.74, 6) is -2.40. The summed E-state index contributed by atoms with van der Waals surface area (Å²) >= 11 is 0. The quantitative estimate of drug-likeness (QED) is 0.0105. The molecular formula is C83H93KN8O18. The van der Waals surface area contributed by atoms with E-state index in [0.29, 0.717) is 92.2 Å². The number of aromatic amines is 2. The second kappa shape index (κ2) is 48.2. The van der Waals surface area contributed by atoms with Crippen molar-refractivity contribution < 1.29 is 131 Å². The van der Waals surface area contributed by atoms with E-state index in [9.17, 15) is 58.5 Å². The number of hydrogen-bond acceptors (Lipinski definition) is 20. The fourth-order valence-electron chi connectivity index (χ4n) is 9.51. The van der Waals surface area contributed by atoms with Gasteiger partial charge in [0.15, 0.2) is 11.6 Å². The van der Waals surface area contributed by atoms with Crippen LogP contribution in [0.5, 0.6) is 23.0 Å². The van der Waals surface area contributed by atoms with E-state index < -0.39 is 29.3 Å². The van der Waals surface area contributed by atoms with Crippen molar-refractivity contribution in [2.45, 2.75) is 48.5 Å². The number of aldehydes is 1. The van der Waals surface area contributed by atoms with Gasteiger partial charge in [0.2, 0.25) is 0 Å². The Labute approximate surface area is 680 Å². The molecule has 2 aromatic heterocycles. The number of carbonyl (C=O) groups is 7. The molecule has 1 amide bonds. The molecule has 0 aliphatic rings. The van der Waals surface area contributed by atoms with E-state index in [2.05, 4.69) is 51.2 Å². The Kier molecular flexibility index (Phi) is 41.6. The monoisotopic (exact) mass is 1530 g/mol. The van der Waals surface area contributed by atoms with Gasteiger partial charge in [-0.15, -0.1) is 0 Å². The van der Waals surface area contributed by atoms with Crippen molar-refractivity contribution in [1.29, 1.82) is 0 Å². The molecule has 0 radical (unpaired) electrons. The van der Waals surface area contributed by atoms with E-state index >= 15 is 0 Å². The first-order valence-corrected chi connectivity index (χ1v) is 33.8. The van der Waals surface area contributed by atoms with Crippen LogP contribution in [0.3, 0.4) is 0 Å². The number of allylic oxidation sites excluding steroid dienone is 1. The van der Waals surface area contributed by atoms with Crippen LogP contribution in [0.25, 0.3) is 51.1 Å². The number of likely N-dealkylation sites (N-methyl/N-ethyl adjacent to an activating group) is 4. The van der Waals surface area contributed by atoms with Gasteiger partial charge in [0.1, 0.15) is 29.3 Å². The van der Waals surface area contributed by atoms with Gasteiger partial charge in [0, 0.05) is 73.2 Å². The van der Waals surface area contributed by atoms with Gasteiger partial charge in [-0.2, -0.15) is 9.97 Å². The standard InChI is InChI=1S/C24H28N4O3.C18H14N2O4.C17H14O4.C9H10O2.C8H6O3.C6H16N2.CH4O.K.H2O/c1-5-28(13-12-27(3)4)23(30)18-8-6-17(7-9-18)20-15-21(26-24(31)25-20)19-10-11-22(29)16(2)14-19;1-10-8-13(6-7-16(10)21)15-9-14(19-18(24)20-15)11-2-4-12(5-3-11)17(22)23;1-11-10-14(7-9-15(11)18)16(19)8-4-12-2-5-13(6-3-12)17(20)21;1-6-5-8(7(2)10)3-4-9(6)11;9-5-6-1-3-7(4-2-6)8(10)11;1-4-7-5-6-8(2)3;1-2;;/h6-11,14-15,29H,5,12-13H2,1-4H3,(H,25,26,31);2-9,21H,1H3,(H,22,23)(H,19,20,24);2-10,18H,1H3,(H,20,21);3-5,11H,1-2H3;1-5H,(H,10,11);7H,4-6H2,1-3H3;2H,1H3;;1H2/q;;;;;;;+1;/p-1/b;;8-4+;;;;;;. The topological polar surface area (TPSA) is 425 Å². The van der Waals surface area contributed by atoms with Crippen molar-refractivity contribution in [3.63, 3.8) is 0 Å². The SMILES string of the molecule is CC(=O)c1ccc(O)c(C)c1.CCN(CCN(C)C)C(=O)c1ccc(-c2cc(-c3ccc(O)c(C)c3)nc(=O)[nH]2)cc1.CCNCCN(C)C.CO.Cc1cc(-c2cc(-c3ccc(C(=O)O)cc3)[nH]c(=O)n2)ccc1O.Cc1cc(C(=O)/C=C/c2ccc(C(=O)O)cc2)ccc1O.O=Cc1ccc(C(=O)O)cc1.[K+].[OH-]. The predicted molar refractivity (Wildman–Crippen MR) is 420 cm³/mol. The number of aromatic carboxylic acids is 3. The molecule has 8 aromatic carbocycles. The van der Waals surface area contributed by atoms with Gasteiger partial charge in [0.05, 0.1) is 39.5 Å². The van der Waals surface area contributed by atoms with Crippen LogP contribution < -0.4 is 68.1 Å². The molecule has 0 saturated carbocycles. The number of nitrogens with zero attached hydrogens (tertiary/aromatic N) is 5. The molecule has 0 aliphatic heterocycles. The van der Waals surface area contributed by atoms with Crippen LogP contribution in [0.15, 0.2) is 198 Å². The van der Waals surface area contributed by atoms with Gasteiger partial charge in [-0.05, 0) is 255 Å². The molecule has 0 unspecified atom stereocenters. The number of aliphatic hydroxyl groups is 1. The van der Waals surface area contributed by atoms with E-state index in [0.717, 1.165) is 55.5 Å². The van der Waals surface area contributed by atoms with Gasteiger partial charge in [-0.1, -0.05) is 61.5 Å². The summed E-state index contributed by atoms with van der Waals surface area (Å²) in [6.07, 6.45) is 3.71. The van der Waals surface area contributed by atoms with Crippen molar-refractivity contribution in [2.75, 3.05) is 74.6 Å². The van der Waals surface area contributed by atoms with Crippen LogP contribution in [0, 0.1) is 27.7 Å². The number of aryl methyl sites for hydroxylation is 4. The predicted octanol–water partition coefficient (Wildman–Crippen LogP) is 8.95. The van der Waals surface area contributed by atoms with E-state index in [-0.39, 0.29) is 114 Å². The molecule has 110 heavy (non-hydrogen) atoms. The smallest absolute Gasteiger partial charge is 0.870 e. The summed E-state index contributed by atoms with van der Waals surface area (Å²) in [6.45, 7) is 18.1. The van der Waals surface area contributed by atoms with Crippen LogP contribution in [-0.2, 0) is 0 Å². The van der Waals surface area contributed by atoms with Crippen molar-refractivity contribution in [3.05, 3.63) is 276 Å². The Hall–Kier alpha value is -11.2. The van der Waals surface area contributed by atoms with Crippen LogP contribution in [0.4, 0.5) is 0 Å². The molecule has 12 N–H and O–H groups in total. The summed E-state index contributed by atoms with van der Waals surface area (Å²) < 4.78 is 0. The molecule has 0 aliphatic carbocycles. The summed E-state index contributed by atoms with van der Waals surface area (Å²) in [6, 6.07) is 48.4. The average molecular weight is 1530 g/mol. The maximum atomic E-state index is 12.8. The number of phenols is 4. The Balaban J connectivity index is 0.000000469. The minimum Gasteiger partial charge on any atom is -0.870 e. The molecule has 0 atom stereocenters. The molecule has 0 fully saturated rings. The molecular weight excluding hydrogens is 1440 g/mol. The fraction of sp³-hybridized carbons (Fsp3) is 0.217. The molecule has 0 bridgehead atoms. The molecule has 10 rings (SSSR count). The number of amides is 1. The number of aromatic hydroxyl groups is 4. The van der Waals surface area contributed by atoms with Crippen LogP contribution in [-0.4, -0.2) is 197 Å². The molecule has 10 aromatic rings. The largest absolute Gasteiger partial charge is 1.00 e. The maximum Gasteiger partial charge on any atom is 1.00 e. The Morgan fingerprint density at radius 3 is 1.15 bits per heavy atom. The fourth-order valence-corrected chi connectivity index (χ4v) is 9.51. The normalized spacial score (nSPS) is 10.1. The summed E-state index contributed by atoms with van der Waals surface area (Å²) in [5.41, 5.74) is 10.4. The first-order valence-electron chi connectivity index (χ1n) is 33.8. The number of Topliss-reactive ketones (excluding diaryl/α,β-unsaturated/α-hetero) is 1. The number of carbonyl (C=O) groups excluding carboxylic acids is 4. The number of benzene rings is 8. The molecule has 0 spiro atoms. The summed E-state index contributed by atoms with van der Waals surface area (Å²) in [5, 5.41) is 74.3. The third kappa shape index (κ3) is 31.5. The molecule has 2 heterocycles. The zero-order valence-corrected chi connectivity index (χ0v) is 66.9. The second-order valence-corrected chi connectivity index (χ2v) is 24.5. The van der Waals surface area contributed by atoms with Gasteiger partial charge in [-0.3, -0.25) is 19.2 Å². The van der Waals surface area contributed by atoms with Gasteiger partial charge >= 0.3 is 80.7 Å². The maximum absolute atomic E-state index is 12.8. The first-order chi connectivity index (χ1) is 51.3. The number of rotatable bonds is 21. The number of aliphatic hydroxyl groups excluding tert-OH is 1. The van der Waals surface area contributed by atoms with Crippen molar-refractivity contribution in [3.8, 4) is 68.0 Å². The first kappa shape index (κ1) is 94.9. The molecule has 27 heteroatoms. The van der Waals surface area contributed by atoms with Crippen LogP contribution in [0.2, 0.25) is 0 Å². The van der Waals surface area contributed by atoms with Crippen molar-refractivity contribution >= 4 is 47.7 Å². The number of carboxylic acid groups (broad SMARTS) is 3. The van der Waals surface area contributed by atoms with Gasteiger partial charge in [0.25, 0.3) is 5.91 Å². The van der Waals surface area contributed by atoms with E-state index in [1.165, 1.54) is 73.7 Å². The number of phenolic OH excluding ortho intramolecular Hbond substituents is 4. The number of H-pyrrole nitrogens is 2. The molecule has 574 valence electrons. The van der Waals surface area contributed by atoms with Crippen molar-refractivity contribution in [1.82, 2.24) is 40.0 Å². The Morgan fingerprint density at radius 1 is 0.455 bits per heavy atom. The third-order valence-electron chi connectivity index (χ3n) is 15.8. The Morgan fingerprint density at radius 2 is 0.800 bits per heavy atom. The van der Waals surface area contributed by atoms with Crippen LogP contribution >= 0.6 is 0 Å². The zero-order chi connectivity index (χ0) is 80.3. The van der Waals surface area contributed by atoms with Gasteiger partial charge in [-0.25, -0.2) is 24.0 Å². The minimum absolute atomic E-state index is 0. The summed E-state index contributed by atoms with van der Waals surface area (Å²) in [4.78, 5) is 121. The van der Waals surface area contributed by atoms with Gasteiger partial charge < -0.3 is 76.3 Å². The number of hydrogen-bond donors (Lipinski definition) is 11. The number of carboxylic acids is 3. The third-order valence-corrected chi connectivity index (χ3v) is 15.8. The van der Waals surface area contributed by atoms with E-state index in [1.54, 1.807) is 143 Å². The molecule has 0 saturated heterocycles. The minimum atomic E-state index is -1.01. The summed E-state index contributed by atoms with van der Waals surface area (Å²) in [7, 11) is 9.13. The van der Waals surface area contributed by atoms with E-state index in [1.807, 2.05) is 43.0 Å². The number of aromatic nitrogens is 4. The van der Waals surface area contributed by atoms with E-state index in [4.69, 9.17) is 25.5 Å². The number of ketones is 2. The molecule has 26 nitrogen and oxygen atoms in total. The number of nitrogens with one attached hydrogen (secondary N) is 3. The zero-order valence-electron chi connectivity index (χ0n) is 63.7. The Bertz CT molecular complexity index is 4830. The second-order valence-electron chi connectivity index (χ2n) is 24.5.